The minimum atomic E-state index is 0.144. The molecule has 0 aromatic rings. The Hall–Kier alpha value is -0.570. The maximum Gasteiger partial charge on any atom is 0.227 e. The van der Waals surface area contributed by atoms with E-state index in [4.69, 9.17) is 0 Å². The molecule has 1 amide bonds. The van der Waals surface area contributed by atoms with Gasteiger partial charge in [0.25, 0.3) is 0 Å². The first-order valence-corrected chi connectivity index (χ1v) is 8.20. The van der Waals surface area contributed by atoms with Crippen molar-refractivity contribution >= 4 is 5.91 Å². The maximum absolute atomic E-state index is 13.0. The maximum atomic E-state index is 13.0. The third-order valence-electron chi connectivity index (χ3n) is 6.09. The summed E-state index contributed by atoms with van der Waals surface area (Å²) in [4.78, 5) is 15.1. The Balaban J connectivity index is 2.04. The molecule has 0 aromatic carbocycles. The predicted octanol–water partition coefficient (Wildman–Crippen LogP) is 2.91. The Labute approximate surface area is 124 Å². The highest BCUT2D eigenvalue weighted by molar-refractivity contribution is 5.84. The normalized spacial score (nSPS) is 25.8. The fraction of sp³-hybridized carbons (Fsp3) is 0.941. The van der Waals surface area contributed by atoms with Crippen LogP contribution in [0.1, 0.15) is 54.4 Å². The highest BCUT2D eigenvalue weighted by atomic mass is 16.2. The first-order chi connectivity index (χ1) is 9.19. The lowest BCUT2D eigenvalue weighted by Crippen LogP contribution is -2.44. The van der Waals surface area contributed by atoms with Gasteiger partial charge in [-0.1, -0.05) is 27.7 Å². The number of carbonyl (C=O) groups excluding carboxylic acids is 1. The van der Waals surface area contributed by atoms with Crippen molar-refractivity contribution in [1.82, 2.24) is 10.2 Å². The van der Waals surface area contributed by atoms with Crippen LogP contribution in [-0.4, -0.2) is 36.5 Å². The van der Waals surface area contributed by atoms with E-state index >= 15 is 0 Å². The van der Waals surface area contributed by atoms with Crippen LogP contribution in [0.15, 0.2) is 0 Å². The van der Waals surface area contributed by atoms with E-state index in [2.05, 4.69) is 51.8 Å². The minimum Gasteiger partial charge on any atom is -0.340 e. The second-order valence-electron chi connectivity index (χ2n) is 8.15. The molecule has 1 heterocycles. The van der Waals surface area contributed by atoms with Gasteiger partial charge in [0, 0.05) is 18.5 Å². The minimum absolute atomic E-state index is 0.144. The van der Waals surface area contributed by atoms with E-state index in [1.807, 2.05) is 0 Å². The molecular formula is C17H32N2O. The van der Waals surface area contributed by atoms with Crippen LogP contribution in [0.4, 0.5) is 0 Å². The molecule has 0 bridgehead atoms. The zero-order valence-electron chi connectivity index (χ0n) is 14.1. The highest BCUT2D eigenvalue weighted by Crippen LogP contribution is 2.68. The van der Waals surface area contributed by atoms with E-state index in [9.17, 15) is 4.79 Å². The molecular weight excluding hydrogens is 248 g/mol. The van der Waals surface area contributed by atoms with E-state index in [0.29, 0.717) is 17.9 Å². The van der Waals surface area contributed by atoms with Crippen LogP contribution in [0.3, 0.4) is 0 Å². The second kappa shape index (κ2) is 5.32. The van der Waals surface area contributed by atoms with Gasteiger partial charge in [-0.2, -0.15) is 0 Å². The summed E-state index contributed by atoms with van der Waals surface area (Å²) >= 11 is 0. The van der Waals surface area contributed by atoms with Gasteiger partial charge in [0.15, 0.2) is 0 Å². The fourth-order valence-electron chi connectivity index (χ4n) is 3.88. The molecule has 0 spiro atoms. The molecule has 116 valence electrons. The zero-order chi connectivity index (χ0) is 15.1. The van der Waals surface area contributed by atoms with Crippen LogP contribution in [0.25, 0.3) is 0 Å². The van der Waals surface area contributed by atoms with E-state index in [1.54, 1.807) is 0 Å². The van der Waals surface area contributed by atoms with Crippen molar-refractivity contribution in [1.29, 1.82) is 0 Å². The summed E-state index contributed by atoms with van der Waals surface area (Å²) in [5.74, 6) is 1.25. The molecule has 0 atom stereocenters. The molecule has 20 heavy (non-hydrogen) atoms. The molecule has 1 saturated carbocycles. The number of carbonyl (C=O) groups is 1. The number of piperidine rings is 1. The number of nitrogens with zero attached hydrogens (tertiary/aromatic N) is 1. The third-order valence-corrected chi connectivity index (χ3v) is 6.09. The average Bonchev–Trinajstić information content (AvgIpc) is 2.77. The van der Waals surface area contributed by atoms with Crippen molar-refractivity contribution in [2.24, 2.45) is 22.7 Å². The lowest BCUT2D eigenvalue weighted by Gasteiger charge is -2.33. The number of nitrogens with one attached hydrogen (secondary N) is 1. The molecule has 0 aromatic heterocycles. The summed E-state index contributed by atoms with van der Waals surface area (Å²) in [5.41, 5.74) is 0.288. The molecule has 2 aliphatic rings. The van der Waals surface area contributed by atoms with Gasteiger partial charge in [-0.15, -0.1) is 0 Å². The third kappa shape index (κ3) is 2.61. The van der Waals surface area contributed by atoms with Crippen molar-refractivity contribution in [3.05, 3.63) is 0 Å². The van der Waals surface area contributed by atoms with E-state index in [-0.39, 0.29) is 16.7 Å². The van der Waals surface area contributed by atoms with E-state index in [1.165, 1.54) is 12.8 Å². The first kappa shape index (κ1) is 15.8. The lowest BCUT2D eigenvalue weighted by molar-refractivity contribution is -0.136. The quantitative estimate of drug-likeness (QED) is 0.859. The second-order valence-corrected chi connectivity index (χ2v) is 8.15. The summed E-state index contributed by atoms with van der Waals surface area (Å²) in [5, 5.41) is 3.40. The Bertz CT molecular complexity index is 353. The smallest absolute Gasteiger partial charge is 0.227 e. The van der Waals surface area contributed by atoms with Gasteiger partial charge in [-0.3, -0.25) is 4.79 Å². The Morgan fingerprint density at radius 3 is 2.05 bits per heavy atom. The zero-order valence-corrected chi connectivity index (χ0v) is 14.1. The summed E-state index contributed by atoms with van der Waals surface area (Å²) in [7, 11) is 0. The molecule has 3 heteroatoms. The van der Waals surface area contributed by atoms with Crippen LogP contribution in [0, 0.1) is 22.7 Å². The topological polar surface area (TPSA) is 32.3 Å². The number of hydrogen-bond donors (Lipinski definition) is 1. The van der Waals surface area contributed by atoms with E-state index < -0.39 is 0 Å². The van der Waals surface area contributed by atoms with E-state index in [0.717, 1.165) is 19.6 Å². The summed E-state index contributed by atoms with van der Waals surface area (Å²) in [6.45, 7) is 16.4. The largest absolute Gasteiger partial charge is 0.340 e. The highest BCUT2D eigenvalue weighted by Gasteiger charge is 2.68. The predicted molar refractivity (Wildman–Crippen MR) is 83.5 cm³/mol. The standard InChI is InChI=1S/C17H32N2O/c1-12(2)19(11-13-7-9-18-10-8-13)15(20)14-16(3,4)17(14,5)6/h12-14,18H,7-11H2,1-6H3. The van der Waals surface area contributed by atoms with Crippen LogP contribution in [0.5, 0.6) is 0 Å². The molecule has 2 fully saturated rings. The molecule has 3 nitrogen and oxygen atoms in total. The first-order valence-electron chi connectivity index (χ1n) is 8.20. The molecule has 2 rings (SSSR count). The van der Waals surface area contributed by atoms with Crippen LogP contribution >= 0.6 is 0 Å². The van der Waals surface area contributed by atoms with Gasteiger partial charge < -0.3 is 10.2 Å². The molecule has 1 saturated heterocycles. The average molecular weight is 280 g/mol. The molecule has 0 radical (unpaired) electrons. The van der Waals surface area contributed by atoms with Gasteiger partial charge in [0.1, 0.15) is 0 Å². The fourth-order valence-corrected chi connectivity index (χ4v) is 3.88. The molecule has 1 aliphatic heterocycles. The summed E-state index contributed by atoms with van der Waals surface area (Å²) < 4.78 is 0. The van der Waals surface area contributed by atoms with Crippen molar-refractivity contribution in [3.8, 4) is 0 Å². The SMILES string of the molecule is CC(C)N(CC1CCNCC1)C(=O)C1C(C)(C)C1(C)C. The Morgan fingerprint density at radius 2 is 1.65 bits per heavy atom. The molecule has 1 aliphatic carbocycles. The van der Waals surface area contributed by atoms with Gasteiger partial charge in [0.05, 0.1) is 0 Å². The van der Waals surface area contributed by atoms with Crippen molar-refractivity contribution in [3.63, 3.8) is 0 Å². The number of rotatable bonds is 4. The van der Waals surface area contributed by atoms with Crippen molar-refractivity contribution < 1.29 is 4.79 Å². The van der Waals surface area contributed by atoms with Gasteiger partial charge >= 0.3 is 0 Å². The van der Waals surface area contributed by atoms with Crippen LogP contribution in [0.2, 0.25) is 0 Å². The molecule has 1 N–H and O–H groups in total. The van der Waals surface area contributed by atoms with Crippen LogP contribution in [-0.2, 0) is 4.79 Å². The van der Waals surface area contributed by atoms with Gasteiger partial charge in [0.2, 0.25) is 5.91 Å². The van der Waals surface area contributed by atoms with Gasteiger partial charge in [-0.05, 0) is 56.5 Å². The monoisotopic (exact) mass is 280 g/mol. The van der Waals surface area contributed by atoms with Crippen molar-refractivity contribution in [2.75, 3.05) is 19.6 Å². The molecule has 0 unspecified atom stereocenters. The summed E-state index contributed by atoms with van der Waals surface area (Å²) in [6.07, 6.45) is 2.40. The summed E-state index contributed by atoms with van der Waals surface area (Å²) in [6, 6.07) is 0.310. The number of hydrogen-bond acceptors (Lipinski definition) is 2. The number of amides is 1. The van der Waals surface area contributed by atoms with Crippen LogP contribution < -0.4 is 5.32 Å². The van der Waals surface area contributed by atoms with Crippen molar-refractivity contribution in [2.45, 2.75) is 60.4 Å². The van der Waals surface area contributed by atoms with Gasteiger partial charge in [-0.25, -0.2) is 0 Å². The Kier molecular flexibility index (Phi) is 4.21. The Morgan fingerprint density at radius 1 is 1.15 bits per heavy atom. The lowest BCUT2D eigenvalue weighted by atomic mass is 9.96.